The minimum atomic E-state index is 0.179. The molecule has 1 N–H and O–H groups in total. The highest BCUT2D eigenvalue weighted by Crippen LogP contribution is 2.21. The van der Waals surface area contributed by atoms with E-state index in [-0.39, 0.29) is 5.54 Å². The first kappa shape index (κ1) is 16.7. The second-order valence-corrected chi connectivity index (χ2v) is 8.64. The van der Waals surface area contributed by atoms with E-state index in [2.05, 4.69) is 67.6 Å². The molecule has 4 heteroatoms. The van der Waals surface area contributed by atoms with Crippen molar-refractivity contribution in [1.82, 2.24) is 10.2 Å². The lowest BCUT2D eigenvalue weighted by Gasteiger charge is -2.20. The molecule has 0 unspecified atom stereocenters. The first-order valence-electron chi connectivity index (χ1n) is 7.53. The van der Waals surface area contributed by atoms with Crippen molar-refractivity contribution in [1.29, 1.82) is 0 Å². The highest BCUT2D eigenvalue weighted by atomic mass is 32.1. The summed E-state index contributed by atoms with van der Waals surface area (Å²) >= 11 is 3.77. The Kier molecular flexibility index (Phi) is 5.99. The third-order valence-electron chi connectivity index (χ3n) is 3.30. The molecule has 0 aromatic carbocycles. The zero-order valence-corrected chi connectivity index (χ0v) is 15.1. The number of nitrogens with one attached hydrogen (secondary N) is 1. The van der Waals surface area contributed by atoms with Gasteiger partial charge in [0.15, 0.2) is 0 Å². The summed E-state index contributed by atoms with van der Waals surface area (Å²) in [5.41, 5.74) is 0.179. The molecule has 2 heterocycles. The molecule has 0 spiro atoms. The van der Waals surface area contributed by atoms with Gasteiger partial charge in [-0.05, 0) is 50.9 Å². The lowest BCUT2D eigenvalue weighted by Crippen LogP contribution is -2.34. The molecule has 0 saturated heterocycles. The van der Waals surface area contributed by atoms with E-state index in [0.29, 0.717) is 0 Å². The van der Waals surface area contributed by atoms with E-state index >= 15 is 0 Å². The van der Waals surface area contributed by atoms with Gasteiger partial charge in [-0.2, -0.15) is 0 Å². The number of hydrogen-bond acceptors (Lipinski definition) is 4. The number of nitrogens with zero attached hydrogens (tertiary/aromatic N) is 1. The quantitative estimate of drug-likeness (QED) is 0.793. The summed E-state index contributed by atoms with van der Waals surface area (Å²) in [4.78, 5) is 6.83. The largest absolute Gasteiger partial charge is 0.307 e. The van der Waals surface area contributed by atoms with Crippen molar-refractivity contribution in [3.05, 3.63) is 44.3 Å². The van der Waals surface area contributed by atoms with Crippen LogP contribution >= 0.6 is 22.7 Å². The molecule has 0 amide bonds. The lowest BCUT2D eigenvalue weighted by molar-refractivity contribution is 0.276. The normalized spacial score (nSPS) is 12.2. The SMILES string of the molecule is CCN(Cc1cccs1)Cc1ccc(CNC(C)(C)C)s1. The molecule has 2 aromatic heterocycles. The van der Waals surface area contributed by atoms with E-state index in [1.54, 1.807) is 0 Å². The summed E-state index contributed by atoms with van der Waals surface area (Å²) < 4.78 is 0. The van der Waals surface area contributed by atoms with Crippen LogP contribution in [0.3, 0.4) is 0 Å². The van der Waals surface area contributed by atoms with Crippen molar-refractivity contribution in [2.24, 2.45) is 0 Å². The second kappa shape index (κ2) is 7.54. The molecule has 116 valence electrons. The minimum Gasteiger partial charge on any atom is -0.307 e. The van der Waals surface area contributed by atoms with Gasteiger partial charge in [0.1, 0.15) is 0 Å². The summed E-state index contributed by atoms with van der Waals surface area (Å²) in [5.74, 6) is 0. The number of rotatable bonds is 7. The van der Waals surface area contributed by atoms with Gasteiger partial charge in [-0.3, -0.25) is 4.90 Å². The molecular weight excluding hydrogens is 296 g/mol. The highest BCUT2D eigenvalue weighted by molar-refractivity contribution is 7.12. The standard InChI is InChI=1S/C17H26N2S2/c1-5-19(12-15-7-6-10-20-15)13-16-9-8-14(21-16)11-18-17(2,3)4/h6-10,18H,5,11-13H2,1-4H3. The van der Waals surface area contributed by atoms with Gasteiger partial charge < -0.3 is 5.32 Å². The fourth-order valence-corrected chi connectivity index (χ4v) is 3.82. The van der Waals surface area contributed by atoms with Crippen LogP contribution in [0.15, 0.2) is 29.6 Å². The highest BCUT2D eigenvalue weighted by Gasteiger charge is 2.11. The Morgan fingerprint density at radius 1 is 1.05 bits per heavy atom. The Labute approximate surface area is 136 Å². The monoisotopic (exact) mass is 322 g/mol. The zero-order valence-electron chi connectivity index (χ0n) is 13.5. The second-order valence-electron chi connectivity index (χ2n) is 6.35. The van der Waals surface area contributed by atoms with E-state index in [4.69, 9.17) is 0 Å². The van der Waals surface area contributed by atoms with E-state index < -0.39 is 0 Å². The van der Waals surface area contributed by atoms with E-state index in [9.17, 15) is 0 Å². The van der Waals surface area contributed by atoms with Gasteiger partial charge in [0.25, 0.3) is 0 Å². The van der Waals surface area contributed by atoms with Crippen LogP contribution in [0.1, 0.15) is 42.3 Å². The van der Waals surface area contributed by atoms with E-state index in [1.807, 2.05) is 22.7 Å². The van der Waals surface area contributed by atoms with Gasteiger partial charge in [-0.15, -0.1) is 22.7 Å². The maximum absolute atomic E-state index is 3.55. The molecule has 2 aromatic rings. The van der Waals surface area contributed by atoms with Gasteiger partial charge in [-0.25, -0.2) is 0 Å². The molecular formula is C17H26N2S2. The predicted octanol–water partition coefficient (Wildman–Crippen LogP) is 4.72. The number of thiophene rings is 2. The predicted molar refractivity (Wildman–Crippen MR) is 95.0 cm³/mol. The fraction of sp³-hybridized carbons (Fsp3) is 0.529. The molecule has 0 saturated carbocycles. The zero-order chi connectivity index (χ0) is 15.3. The Balaban J connectivity index is 1.88. The Morgan fingerprint density at radius 2 is 1.76 bits per heavy atom. The molecule has 0 bridgehead atoms. The molecule has 0 radical (unpaired) electrons. The Morgan fingerprint density at radius 3 is 2.38 bits per heavy atom. The van der Waals surface area contributed by atoms with E-state index in [1.165, 1.54) is 14.6 Å². The van der Waals surface area contributed by atoms with Crippen LogP contribution in [0.25, 0.3) is 0 Å². The first-order valence-corrected chi connectivity index (χ1v) is 9.23. The first-order chi connectivity index (χ1) is 9.96. The van der Waals surface area contributed by atoms with Crippen molar-refractivity contribution in [2.75, 3.05) is 6.54 Å². The van der Waals surface area contributed by atoms with E-state index in [0.717, 1.165) is 26.2 Å². The van der Waals surface area contributed by atoms with Crippen molar-refractivity contribution < 1.29 is 0 Å². The van der Waals surface area contributed by atoms with Crippen molar-refractivity contribution >= 4 is 22.7 Å². The number of hydrogen-bond donors (Lipinski definition) is 1. The van der Waals surface area contributed by atoms with Gasteiger partial charge in [0, 0.05) is 39.8 Å². The molecule has 2 nitrogen and oxygen atoms in total. The van der Waals surface area contributed by atoms with Crippen molar-refractivity contribution in [3.8, 4) is 0 Å². The maximum atomic E-state index is 3.55. The topological polar surface area (TPSA) is 15.3 Å². The Hall–Kier alpha value is -0.680. The van der Waals surface area contributed by atoms with Crippen LogP contribution in [0, 0.1) is 0 Å². The van der Waals surface area contributed by atoms with Gasteiger partial charge >= 0.3 is 0 Å². The van der Waals surface area contributed by atoms with Crippen LogP contribution in [0.4, 0.5) is 0 Å². The molecule has 0 atom stereocenters. The van der Waals surface area contributed by atoms with Crippen molar-refractivity contribution in [3.63, 3.8) is 0 Å². The van der Waals surface area contributed by atoms with Crippen LogP contribution < -0.4 is 5.32 Å². The molecule has 0 aliphatic rings. The minimum absolute atomic E-state index is 0.179. The van der Waals surface area contributed by atoms with Crippen LogP contribution in [0.2, 0.25) is 0 Å². The summed E-state index contributed by atoms with van der Waals surface area (Å²) in [6.45, 7) is 13.0. The van der Waals surface area contributed by atoms with Crippen LogP contribution in [-0.4, -0.2) is 17.0 Å². The molecule has 0 aliphatic heterocycles. The summed E-state index contributed by atoms with van der Waals surface area (Å²) in [7, 11) is 0. The Bertz CT molecular complexity index is 523. The molecule has 0 fully saturated rings. The molecule has 21 heavy (non-hydrogen) atoms. The lowest BCUT2D eigenvalue weighted by atomic mass is 10.1. The molecule has 0 aliphatic carbocycles. The molecule has 2 rings (SSSR count). The third kappa shape index (κ3) is 5.91. The van der Waals surface area contributed by atoms with Crippen LogP contribution in [0.5, 0.6) is 0 Å². The third-order valence-corrected chi connectivity index (χ3v) is 5.23. The smallest absolute Gasteiger partial charge is 0.0331 e. The summed E-state index contributed by atoms with van der Waals surface area (Å²) in [6.07, 6.45) is 0. The maximum Gasteiger partial charge on any atom is 0.0331 e. The van der Waals surface area contributed by atoms with Gasteiger partial charge in [0.05, 0.1) is 0 Å². The van der Waals surface area contributed by atoms with Gasteiger partial charge in [-0.1, -0.05) is 13.0 Å². The van der Waals surface area contributed by atoms with Gasteiger partial charge in [0.2, 0.25) is 0 Å². The average Bonchev–Trinajstić information content (AvgIpc) is 3.06. The average molecular weight is 323 g/mol. The van der Waals surface area contributed by atoms with Crippen molar-refractivity contribution in [2.45, 2.75) is 52.9 Å². The van der Waals surface area contributed by atoms with Crippen LogP contribution in [-0.2, 0) is 19.6 Å². The summed E-state index contributed by atoms with van der Waals surface area (Å²) in [5, 5.41) is 5.71. The summed E-state index contributed by atoms with van der Waals surface area (Å²) in [6, 6.07) is 8.90. The fourth-order valence-electron chi connectivity index (χ4n) is 2.08.